The highest BCUT2D eigenvalue weighted by Gasteiger charge is 2.10. The number of hydrogen-bond donors (Lipinski definition) is 2. The summed E-state index contributed by atoms with van der Waals surface area (Å²) in [6.45, 7) is 1.97. The third kappa shape index (κ3) is 3.58. The second kappa shape index (κ2) is 5.75. The van der Waals surface area contributed by atoms with Gasteiger partial charge in [-0.3, -0.25) is 4.79 Å². The lowest BCUT2D eigenvalue weighted by Crippen LogP contribution is -2.14. The van der Waals surface area contributed by atoms with Crippen LogP contribution < -0.4 is 11.1 Å². The predicted molar refractivity (Wildman–Crippen MR) is 85.4 cm³/mol. The summed E-state index contributed by atoms with van der Waals surface area (Å²) in [5.41, 5.74) is 8.54. The third-order valence-corrected chi connectivity index (χ3v) is 3.51. The zero-order chi connectivity index (χ0) is 14.0. The summed E-state index contributed by atoms with van der Waals surface area (Å²) in [5.74, 6) is -0.220. The second-order valence-corrected chi connectivity index (χ2v) is 6.03. The van der Waals surface area contributed by atoms with Crippen LogP contribution in [0.5, 0.6) is 0 Å². The first kappa shape index (κ1) is 14.1. The molecule has 2 rings (SSSR count). The number of rotatable bonds is 2. The smallest absolute Gasteiger partial charge is 0.257 e. The van der Waals surface area contributed by atoms with Crippen molar-refractivity contribution in [1.82, 2.24) is 0 Å². The summed E-state index contributed by atoms with van der Waals surface area (Å²) in [4.78, 5) is 12.1. The Morgan fingerprint density at radius 3 is 2.47 bits per heavy atom. The van der Waals surface area contributed by atoms with Crippen molar-refractivity contribution in [2.75, 3.05) is 11.1 Å². The largest absolute Gasteiger partial charge is 0.398 e. The number of halogens is 2. The van der Waals surface area contributed by atoms with Crippen LogP contribution in [-0.4, -0.2) is 5.91 Å². The van der Waals surface area contributed by atoms with Crippen molar-refractivity contribution in [2.45, 2.75) is 6.92 Å². The molecular weight excluding hydrogens is 372 g/mol. The molecule has 0 atom stereocenters. The highest BCUT2D eigenvalue weighted by Crippen LogP contribution is 2.22. The number of hydrogen-bond acceptors (Lipinski definition) is 2. The number of anilines is 2. The van der Waals surface area contributed by atoms with Crippen LogP contribution in [0.4, 0.5) is 11.4 Å². The zero-order valence-electron chi connectivity index (χ0n) is 10.2. The Morgan fingerprint density at radius 2 is 1.84 bits per heavy atom. The van der Waals surface area contributed by atoms with E-state index in [1.54, 1.807) is 18.2 Å². The van der Waals surface area contributed by atoms with Crippen molar-refractivity contribution in [3.63, 3.8) is 0 Å². The minimum atomic E-state index is -0.220. The maximum absolute atomic E-state index is 12.1. The van der Waals surface area contributed by atoms with E-state index in [2.05, 4.69) is 37.2 Å². The van der Waals surface area contributed by atoms with E-state index in [4.69, 9.17) is 5.73 Å². The van der Waals surface area contributed by atoms with Gasteiger partial charge in [0.1, 0.15) is 0 Å². The molecule has 0 radical (unpaired) electrons. The molecule has 3 N–H and O–H groups in total. The molecule has 19 heavy (non-hydrogen) atoms. The molecule has 0 heterocycles. The van der Waals surface area contributed by atoms with Crippen LogP contribution in [0.3, 0.4) is 0 Å². The molecule has 0 aromatic heterocycles. The highest BCUT2D eigenvalue weighted by molar-refractivity contribution is 9.10. The van der Waals surface area contributed by atoms with E-state index in [0.717, 1.165) is 20.2 Å². The van der Waals surface area contributed by atoms with E-state index >= 15 is 0 Å². The summed E-state index contributed by atoms with van der Waals surface area (Å²) in [6.07, 6.45) is 0. The molecular formula is C14H12Br2N2O. The molecule has 3 nitrogen and oxygen atoms in total. The fourth-order valence-electron chi connectivity index (χ4n) is 1.75. The van der Waals surface area contributed by atoms with E-state index in [1.807, 2.05) is 25.1 Å². The van der Waals surface area contributed by atoms with E-state index in [-0.39, 0.29) is 5.91 Å². The van der Waals surface area contributed by atoms with Gasteiger partial charge >= 0.3 is 0 Å². The van der Waals surface area contributed by atoms with Gasteiger partial charge in [0, 0.05) is 20.3 Å². The van der Waals surface area contributed by atoms with Crippen LogP contribution in [0.2, 0.25) is 0 Å². The zero-order valence-corrected chi connectivity index (χ0v) is 13.4. The number of amides is 1. The summed E-state index contributed by atoms with van der Waals surface area (Å²) < 4.78 is 1.77. The summed E-state index contributed by atoms with van der Waals surface area (Å²) in [6, 6.07) is 10.9. The molecule has 2 aromatic carbocycles. The number of aryl methyl sites for hydroxylation is 1. The SMILES string of the molecule is Cc1cc(Br)cc(NC(=O)c2ccc(Br)cc2N)c1. The van der Waals surface area contributed by atoms with Crippen molar-refractivity contribution in [1.29, 1.82) is 0 Å². The Labute approximate surface area is 128 Å². The highest BCUT2D eigenvalue weighted by atomic mass is 79.9. The van der Waals surface area contributed by atoms with Gasteiger partial charge in [0.15, 0.2) is 0 Å². The van der Waals surface area contributed by atoms with Crippen LogP contribution in [0.15, 0.2) is 45.3 Å². The van der Waals surface area contributed by atoms with E-state index in [1.165, 1.54) is 0 Å². The Balaban J connectivity index is 2.25. The summed E-state index contributed by atoms with van der Waals surface area (Å²) in [7, 11) is 0. The predicted octanol–water partition coefficient (Wildman–Crippen LogP) is 4.35. The molecule has 1 amide bonds. The van der Waals surface area contributed by atoms with Crippen molar-refractivity contribution in [3.05, 3.63) is 56.5 Å². The van der Waals surface area contributed by atoms with Crippen LogP contribution in [-0.2, 0) is 0 Å². The fraction of sp³-hybridized carbons (Fsp3) is 0.0714. The molecule has 2 aromatic rings. The summed E-state index contributed by atoms with van der Waals surface area (Å²) in [5, 5.41) is 2.84. The molecule has 0 aliphatic heterocycles. The van der Waals surface area contributed by atoms with Gasteiger partial charge in [-0.25, -0.2) is 0 Å². The maximum atomic E-state index is 12.1. The first-order chi connectivity index (χ1) is 8.95. The monoisotopic (exact) mass is 382 g/mol. The maximum Gasteiger partial charge on any atom is 0.257 e. The van der Waals surface area contributed by atoms with Crippen molar-refractivity contribution in [2.24, 2.45) is 0 Å². The van der Waals surface area contributed by atoms with Gasteiger partial charge in [0.2, 0.25) is 0 Å². The number of nitrogen functional groups attached to an aromatic ring is 1. The van der Waals surface area contributed by atoms with E-state index in [0.29, 0.717) is 11.3 Å². The van der Waals surface area contributed by atoms with E-state index < -0.39 is 0 Å². The Kier molecular flexibility index (Phi) is 4.27. The van der Waals surface area contributed by atoms with Crippen molar-refractivity contribution >= 4 is 49.1 Å². The Hall–Kier alpha value is -1.33. The molecule has 0 saturated carbocycles. The number of carbonyl (C=O) groups is 1. The summed E-state index contributed by atoms with van der Waals surface area (Å²) >= 11 is 6.71. The number of nitrogens with one attached hydrogen (secondary N) is 1. The average Bonchev–Trinajstić information content (AvgIpc) is 2.26. The van der Waals surface area contributed by atoms with Crippen LogP contribution >= 0.6 is 31.9 Å². The lowest BCUT2D eigenvalue weighted by Gasteiger charge is -2.09. The van der Waals surface area contributed by atoms with Gasteiger partial charge < -0.3 is 11.1 Å². The number of carbonyl (C=O) groups excluding carboxylic acids is 1. The fourth-order valence-corrected chi connectivity index (χ4v) is 2.73. The second-order valence-electron chi connectivity index (χ2n) is 4.20. The van der Waals surface area contributed by atoms with Gasteiger partial charge in [-0.2, -0.15) is 0 Å². The lowest BCUT2D eigenvalue weighted by molar-refractivity contribution is 0.102. The van der Waals surface area contributed by atoms with Gasteiger partial charge in [0.25, 0.3) is 5.91 Å². The Morgan fingerprint density at radius 1 is 1.11 bits per heavy atom. The normalized spacial score (nSPS) is 10.3. The Bertz CT molecular complexity index is 621. The van der Waals surface area contributed by atoms with Crippen molar-refractivity contribution in [3.8, 4) is 0 Å². The van der Waals surface area contributed by atoms with Crippen LogP contribution in [0.25, 0.3) is 0 Å². The molecule has 5 heteroatoms. The molecule has 0 unspecified atom stereocenters. The first-order valence-corrected chi connectivity index (χ1v) is 7.18. The molecule has 0 saturated heterocycles. The van der Waals surface area contributed by atoms with Gasteiger partial charge in [-0.1, -0.05) is 31.9 Å². The van der Waals surface area contributed by atoms with E-state index in [9.17, 15) is 4.79 Å². The molecule has 0 aliphatic rings. The number of benzene rings is 2. The minimum absolute atomic E-state index is 0.220. The quantitative estimate of drug-likeness (QED) is 0.757. The molecule has 98 valence electrons. The van der Waals surface area contributed by atoms with Crippen LogP contribution in [0.1, 0.15) is 15.9 Å². The molecule has 0 spiro atoms. The number of nitrogens with two attached hydrogens (primary N) is 1. The average molecular weight is 384 g/mol. The van der Waals surface area contributed by atoms with Crippen molar-refractivity contribution < 1.29 is 4.79 Å². The molecule has 0 bridgehead atoms. The third-order valence-electron chi connectivity index (χ3n) is 2.56. The lowest BCUT2D eigenvalue weighted by atomic mass is 10.1. The standard InChI is InChI=1S/C14H12Br2N2O/c1-8-4-10(16)6-11(5-8)18-14(19)12-3-2-9(15)7-13(12)17/h2-7H,17H2,1H3,(H,18,19). The topological polar surface area (TPSA) is 55.1 Å². The first-order valence-electron chi connectivity index (χ1n) is 5.59. The van der Waals surface area contributed by atoms with Crippen LogP contribution in [0, 0.1) is 6.92 Å². The minimum Gasteiger partial charge on any atom is -0.398 e. The van der Waals surface area contributed by atoms with Gasteiger partial charge in [0.05, 0.1) is 5.56 Å². The molecule has 0 fully saturated rings. The van der Waals surface area contributed by atoms with Gasteiger partial charge in [-0.05, 0) is 48.9 Å². The molecule has 0 aliphatic carbocycles. The van der Waals surface area contributed by atoms with Gasteiger partial charge in [-0.15, -0.1) is 0 Å².